The van der Waals surface area contributed by atoms with Crippen LogP contribution in [0.15, 0.2) is 48.5 Å². The number of nitro benzene ring substituents is 1. The number of rotatable bonds is 5. The molecule has 7 nitrogen and oxygen atoms in total. The van der Waals surface area contributed by atoms with Gasteiger partial charge in [-0.25, -0.2) is 0 Å². The summed E-state index contributed by atoms with van der Waals surface area (Å²) in [6.07, 6.45) is 0. The molecule has 3 rings (SSSR count). The van der Waals surface area contributed by atoms with E-state index in [0.717, 1.165) is 5.52 Å². The Hall–Kier alpha value is -3.48. The van der Waals surface area contributed by atoms with Crippen molar-refractivity contribution < 1.29 is 14.5 Å². The number of carbonyl (C=O) groups is 2. The van der Waals surface area contributed by atoms with Crippen LogP contribution in [0.2, 0.25) is 0 Å². The van der Waals surface area contributed by atoms with E-state index in [0.29, 0.717) is 22.2 Å². The minimum Gasteiger partial charge on any atom is -0.358 e. The molecule has 0 aliphatic carbocycles. The topological polar surface area (TPSA) is 105 Å². The summed E-state index contributed by atoms with van der Waals surface area (Å²) in [4.78, 5) is 38.3. The number of H-pyrrole nitrogens is 1. The Bertz CT molecular complexity index is 991. The molecule has 126 valence electrons. The zero-order valence-corrected chi connectivity index (χ0v) is 13.4. The molecule has 0 radical (unpaired) electrons. The maximum absolute atomic E-state index is 12.5. The Morgan fingerprint density at radius 3 is 2.56 bits per heavy atom. The maximum atomic E-state index is 12.5. The molecular formula is C18H15N3O4. The van der Waals surface area contributed by atoms with Gasteiger partial charge in [-0.05, 0) is 13.0 Å². The molecule has 2 aromatic carbocycles. The second-order valence-electron chi connectivity index (χ2n) is 5.57. The van der Waals surface area contributed by atoms with E-state index in [1.807, 2.05) is 12.1 Å². The second-order valence-corrected chi connectivity index (χ2v) is 5.57. The lowest BCUT2D eigenvalue weighted by molar-refractivity contribution is -0.385. The smallest absolute Gasteiger partial charge is 0.292 e. The number of carbonyl (C=O) groups excluding carboxylic acids is 2. The van der Waals surface area contributed by atoms with E-state index in [9.17, 15) is 19.7 Å². The number of nitrogens with zero attached hydrogens (tertiary/aromatic N) is 1. The van der Waals surface area contributed by atoms with Crippen LogP contribution in [0.3, 0.4) is 0 Å². The molecule has 2 N–H and O–H groups in total. The van der Waals surface area contributed by atoms with Crippen molar-refractivity contribution in [3.63, 3.8) is 0 Å². The highest BCUT2D eigenvalue weighted by Crippen LogP contribution is 2.22. The van der Waals surface area contributed by atoms with Gasteiger partial charge in [0.25, 0.3) is 17.4 Å². The van der Waals surface area contributed by atoms with E-state index in [1.165, 1.54) is 6.07 Å². The standard InChI is InChI=1S/C18H15N3O4/c1-11-16(13-7-3-4-8-14(13)20-11)17(22)18(23)19-10-12-6-2-5-9-15(12)21(24)25/h2-9,20H,10H2,1H3,(H,19,23). The van der Waals surface area contributed by atoms with Crippen molar-refractivity contribution in [3.05, 3.63) is 75.5 Å². The highest BCUT2D eigenvalue weighted by atomic mass is 16.6. The lowest BCUT2D eigenvalue weighted by Crippen LogP contribution is -2.31. The molecule has 0 saturated carbocycles. The number of nitrogens with one attached hydrogen (secondary N) is 2. The first-order chi connectivity index (χ1) is 12.0. The van der Waals surface area contributed by atoms with Crippen LogP contribution in [0, 0.1) is 17.0 Å². The Morgan fingerprint density at radius 2 is 1.80 bits per heavy atom. The van der Waals surface area contributed by atoms with Gasteiger partial charge < -0.3 is 10.3 Å². The van der Waals surface area contributed by atoms with Crippen molar-refractivity contribution >= 4 is 28.3 Å². The zero-order valence-electron chi connectivity index (χ0n) is 13.4. The van der Waals surface area contributed by atoms with Gasteiger partial charge in [0.1, 0.15) is 0 Å². The van der Waals surface area contributed by atoms with Gasteiger partial charge >= 0.3 is 0 Å². The Balaban J connectivity index is 1.81. The van der Waals surface area contributed by atoms with Crippen molar-refractivity contribution in [1.29, 1.82) is 0 Å². The number of hydrogen-bond donors (Lipinski definition) is 2. The summed E-state index contributed by atoms with van der Waals surface area (Å²) in [5, 5.41) is 14.1. The third-order valence-corrected chi connectivity index (χ3v) is 3.95. The van der Waals surface area contributed by atoms with Crippen LogP contribution >= 0.6 is 0 Å². The number of benzene rings is 2. The molecule has 3 aromatic rings. The number of nitro groups is 1. The predicted octanol–water partition coefficient (Wildman–Crippen LogP) is 2.88. The van der Waals surface area contributed by atoms with Gasteiger partial charge in [-0.15, -0.1) is 0 Å². The fourth-order valence-corrected chi connectivity index (χ4v) is 2.78. The average Bonchev–Trinajstić information content (AvgIpc) is 2.94. The average molecular weight is 337 g/mol. The van der Waals surface area contributed by atoms with Gasteiger partial charge in [0.05, 0.1) is 10.5 Å². The molecule has 0 aliphatic heterocycles. The van der Waals surface area contributed by atoms with Crippen molar-refractivity contribution in [2.45, 2.75) is 13.5 Å². The number of aromatic amines is 1. The van der Waals surface area contributed by atoms with E-state index in [2.05, 4.69) is 10.3 Å². The Kier molecular flexibility index (Phi) is 4.30. The summed E-state index contributed by atoms with van der Waals surface area (Å²) in [6, 6.07) is 13.3. The largest absolute Gasteiger partial charge is 0.358 e. The number of hydrogen-bond acceptors (Lipinski definition) is 4. The van der Waals surface area contributed by atoms with Crippen molar-refractivity contribution in [3.8, 4) is 0 Å². The van der Waals surface area contributed by atoms with Crippen LogP contribution in [-0.4, -0.2) is 21.6 Å². The molecule has 1 heterocycles. The van der Waals surface area contributed by atoms with Crippen LogP contribution in [-0.2, 0) is 11.3 Å². The third kappa shape index (κ3) is 3.12. The molecule has 0 fully saturated rings. The lowest BCUT2D eigenvalue weighted by atomic mass is 10.1. The zero-order chi connectivity index (χ0) is 18.0. The normalized spacial score (nSPS) is 10.6. The fraction of sp³-hybridized carbons (Fsp3) is 0.111. The number of aromatic nitrogens is 1. The van der Waals surface area contributed by atoms with Gasteiger partial charge in [0.2, 0.25) is 0 Å². The van der Waals surface area contributed by atoms with E-state index < -0.39 is 16.6 Å². The van der Waals surface area contributed by atoms with E-state index in [4.69, 9.17) is 0 Å². The number of Topliss-reactive ketones (excluding diaryl/α,β-unsaturated/α-hetero) is 1. The highest BCUT2D eigenvalue weighted by Gasteiger charge is 2.23. The summed E-state index contributed by atoms with van der Waals surface area (Å²) >= 11 is 0. The summed E-state index contributed by atoms with van der Waals surface area (Å²) in [5.74, 6) is -1.47. The Labute approximate surface area is 142 Å². The van der Waals surface area contributed by atoms with E-state index >= 15 is 0 Å². The maximum Gasteiger partial charge on any atom is 0.292 e. The third-order valence-electron chi connectivity index (χ3n) is 3.95. The van der Waals surface area contributed by atoms with Crippen molar-refractivity contribution in [2.24, 2.45) is 0 Å². The van der Waals surface area contributed by atoms with Crippen molar-refractivity contribution in [1.82, 2.24) is 10.3 Å². The van der Waals surface area contributed by atoms with Crippen LogP contribution in [0.4, 0.5) is 5.69 Å². The Morgan fingerprint density at radius 1 is 1.12 bits per heavy atom. The van der Waals surface area contributed by atoms with Crippen molar-refractivity contribution in [2.75, 3.05) is 0 Å². The molecule has 7 heteroatoms. The minimum absolute atomic E-state index is 0.0941. The summed E-state index contributed by atoms with van der Waals surface area (Å²) in [5.41, 5.74) is 1.93. The molecular weight excluding hydrogens is 322 g/mol. The number of aryl methyl sites for hydroxylation is 1. The van der Waals surface area contributed by atoms with Crippen LogP contribution < -0.4 is 5.32 Å². The quantitative estimate of drug-likeness (QED) is 0.323. The first kappa shape index (κ1) is 16.4. The fourth-order valence-electron chi connectivity index (χ4n) is 2.78. The minimum atomic E-state index is -0.800. The number of amides is 1. The summed E-state index contributed by atoms with van der Waals surface area (Å²) in [6.45, 7) is 1.63. The first-order valence-electron chi connectivity index (χ1n) is 7.61. The molecule has 0 spiro atoms. The summed E-state index contributed by atoms with van der Waals surface area (Å²) in [7, 11) is 0. The van der Waals surface area contributed by atoms with Gasteiger partial charge in [-0.2, -0.15) is 0 Å². The summed E-state index contributed by atoms with van der Waals surface area (Å²) < 4.78 is 0. The number of ketones is 1. The van der Waals surface area contributed by atoms with Crippen LogP contribution in [0.1, 0.15) is 21.6 Å². The monoisotopic (exact) mass is 337 g/mol. The predicted molar refractivity (Wildman–Crippen MR) is 92.3 cm³/mol. The highest BCUT2D eigenvalue weighted by molar-refractivity contribution is 6.45. The molecule has 0 atom stereocenters. The van der Waals surface area contributed by atoms with E-state index in [1.54, 1.807) is 37.3 Å². The molecule has 0 aliphatic rings. The molecule has 0 unspecified atom stereocenters. The molecule has 0 bridgehead atoms. The first-order valence-corrected chi connectivity index (χ1v) is 7.61. The lowest BCUT2D eigenvalue weighted by Gasteiger charge is -2.06. The van der Waals surface area contributed by atoms with Gasteiger partial charge in [-0.3, -0.25) is 19.7 Å². The van der Waals surface area contributed by atoms with Gasteiger partial charge in [0.15, 0.2) is 0 Å². The molecule has 25 heavy (non-hydrogen) atoms. The molecule has 0 saturated heterocycles. The van der Waals surface area contributed by atoms with Gasteiger partial charge in [0, 0.05) is 34.8 Å². The molecule has 1 aromatic heterocycles. The number of fused-ring (bicyclic) bond motifs is 1. The van der Waals surface area contributed by atoms with Gasteiger partial charge in [-0.1, -0.05) is 36.4 Å². The van der Waals surface area contributed by atoms with Crippen LogP contribution in [0.25, 0.3) is 10.9 Å². The number of para-hydroxylation sites is 2. The van der Waals surface area contributed by atoms with Crippen LogP contribution in [0.5, 0.6) is 0 Å². The molecule has 1 amide bonds. The second kappa shape index (κ2) is 6.56. The van der Waals surface area contributed by atoms with E-state index in [-0.39, 0.29) is 12.2 Å². The SMILES string of the molecule is Cc1[nH]c2ccccc2c1C(=O)C(=O)NCc1ccccc1[N+](=O)[O-].